The van der Waals surface area contributed by atoms with E-state index in [1.54, 1.807) is 12.3 Å². The molecule has 0 saturated heterocycles. The van der Waals surface area contributed by atoms with Crippen molar-refractivity contribution >= 4 is 0 Å². The molecule has 2 aromatic rings. The molecule has 0 aliphatic carbocycles. The number of rotatable bonds is 7. The zero-order chi connectivity index (χ0) is 13.5. The van der Waals surface area contributed by atoms with E-state index in [1.807, 2.05) is 24.3 Å². The molecule has 0 aliphatic heterocycles. The molecule has 2 nitrogen and oxygen atoms in total. The third-order valence-electron chi connectivity index (χ3n) is 3.22. The van der Waals surface area contributed by atoms with Gasteiger partial charge in [-0.2, -0.15) is 0 Å². The first kappa shape index (κ1) is 13.8. The van der Waals surface area contributed by atoms with Gasteiger partial charge >= 0.3 is 0 Å². The average Bonchev–Trinajstić information content (AvgIpc) is 2.91. The minimum Gasteiger partial charge on any atom is -0.469 e. The molecular weight excluding hydrogens is 241 g/mol. The van der Waals surface area contributed by atoms with E-state index < -0.39 is 0 Å². The van der Waals surface area contributed by atoms with Crippen LogP contribution >= 0.6 is 0 Å². The van der Waals surface area contributed by atoms with Gasteiger partial charge in [0, 0.05) is 6.42 Å². The van der Waals surface area contributed by atoms with Crippen LogP contribution in [0.25, 0.3) is 0 Å². The zero-order valence-electron chi connectivity index (χ0n) is 11.2. The maximum absolute atomic E-state index is 13.7. The topological polar surface area (TPSA) is 25.2 Å². The molecule has 1 atom stereocenters. The first-order valence-corrected chi connectivity index (χ1v) is 6.76. The van der Waals surface area contributed by atoms with Crippen molar-refractivity contribution in [3.05, 3.63) is 59.8 Å². The molecule has 2 rings (SSSR count). The van der Waals surface area contributed by atoms with Gasteiger partial charge in [0.2, 0.25) is 0 Å². The van der Waals surface area contributed by atoms with Crippen LogP contribution in [0.4, 0.5) is 4.39 Å². The van der Waals surface area contributed by atoms with Crippen molar-refractivity contribution in [3.63, 3.8) is 0 Å². The minimum absolute atomic E-state index is 0.122. The highest BCUT2D eigenvalue weighted by atomic mass is 19.1. The van der Waals surface area contributed by atoms with Crippen LogP contribution in [0, 0.1) is 11.7 Å². The summed E-state index contributed by atoms with van der Waals surface area (Å²) in [5, 5.41) is 3.34. The van der Waals surface area contributed by atoms with Crippen LogP contribution in [0.15, 0.2) is 47.1 Å². The lowest BCUT2D eigenvalue weighted by Crippen LogP contribution is -2.25. The number of furan rings is 1. The van der Waals surface area contributed by atoms with E-state index in [2.05, 4.69) is 12.2 Å². The Hall–Kier alpha value is -1.61. The molecule has 3 heteroatoms. The van der Waals surface area contributed by atoms with Crippen LogP contribution in [0.3, 0.4) is 0 Å². The van der Waals surface area contributed by atoms with Crippen LogP contribution in [0.5, 0.6) is 0 Å². The molecule has 0 radical (unpaired) electrons. The number of hydrogen-bond donors (Lipinski definition) is 1. The number of hydrogen-bond acceptors (Lipinski definition) is 2. The molecule has 0 spiro atoms. The highest BCUT2D eigenvalue weighted by Gasteiger charge is 2.14. The van der Waals surface area contributed by atoms with Crippen molar-refractivity contribution in [3.8, 4) is 0 Å². The Morgan fingerprint density at radius 1 is 1.16 bits per heavy atom. The van der Waals surface area contributed by atoms with Gasteiger partial charge in [0.15, 0.2) is 0 Å². The van der Waals surface area contributed by atoms with E-state index >= 15 is 0 Å². The predicted molar refractivity (Wildman–Crippen MR) is 74.5 cm³/mol. The van der Waals surface area contributed by atoms with Gasteiger partial charge in [-0.05, 0) is 49.2 Å². The van der Waals surface area contributed by atoms with Gasteiger partial charge in [-0.3, -0.25) is 0 Å². The van der Waals surface area contributed by atoms with E-state index in [1.165, 1.54) is 6.07 Å². The van der Waals surface area contributed by atoms with Crippen LogP contribution in [0.1, 0.15) is 18.2 Å². The Labute approximate surface area is 113 Å². The van der Waals surface area contributed by atoms with E-state index in [4.69, 9.17) is 4.42 Å². The van der Waals surface area contributed by atoms with Crippen molar-refractivity contribution in [2.24, 2.45) is 5.92 Å². The SMILES string of the molecule is CCNCC(Cc1ccco1)Cc1ccccc1F. The molecule has 1 heterocycles. The number of halogens is 1. The minimum atomic E-state index is -0.122. The fourth-order valence-corrected chi connectivity index (χ4v) is 2.25. The molecule has 19 heavy (non-hydrogen) atoms. The molecule has 1 unspecified atom stereocenters. The predicted octanol–water partition coefficient (Wildman–Crippen LogP) is 3.43. The summed E-state index contributed by atoms with van der Waals surface area (Å²) in [7, 11) is 0. The second kappa shape index (κ2) is 7.10. The molecule has 0 aliphatic rings. The summed E-state index contributed by atoms with van der Waals surface area (Å²) >= 11 is 0. The fourth-order valence-electron chi connectivity index (χ4n) is 2.25. The third-order valence-corrected chi connectivity index (χ3v) is 3.22. The number of benzene rings is 1. The zero-order valence-corrected chi connectivity index (χ0v) is 11.2. The lowest BCUT2D eigenvalue weighted by atomic mass is 9.94. The van der Waals surface area contributed by atoms with Gasteiger partial charge in [-0.15, -0.1) is 0 Å². The van der Waals surface area contributed by atoms with Crippen molar-refractivity contribution in [2.45, 2.75) is 19.8 Å². The maximum Gasteiger partial charge on any atom is 0.126 e. The Kier molecular flexibility index (Phi) is 5.16. The Bertz CT molecular complexity index is 481. The third kappa shape index (κ3) is 4.21. The highest BCUT2D eigenvalue weighted by molar-refractivity contribution is 5.18. The highest BCUT2D eigenvalue weighted by Crippen LogP contribution is 2.17. The summed E-state index contributed by atoms with van der Waals surface area (Å²) in [6.07, 6.45) is 3.23. The fraction of sp³-hybridized carbons (Fsp3) is 0.375. The van der Waals surface area contributed by atoms with Crippen LogP contribution in [-0.4, -0.2) is 13.1 Å². The van der Waals surface area contributed by atoms with Gasteiger partial charge in [0.25, 0.3) is 0 Å². The summed E-state index contributed by atoms with van der Waals surface area (Å²) in [5.74, 6) is 1.17. The van der Waals surface area contributed by atoms with Crippen molar-refractivity contribution in [2.75, 3.05) is 13.1 Å². The summed E-state index contributed by atoms with van der Waals surface area (Å²) in [4.78, 5) is 0. The van der Waals surface area contributed by atoms with E-state index in [0.717, 1.165) is 37.3 Å². The smallest absolute Gasteiger partial charge is 0.126 e. The van der Waals surface area contributed by atoms with Gasteiger partial charge < -0.3 is 9.73 Å². The van der Waals surface area contributed by atoms with Crippen molar-refractivity contribution in [1.29, 1.82) is 0 Å². The summed E-state index contributed by atoms with van der Waals surface area (Å²) in [5.41, 5.74) is 0.775. The number of nitrogens with one attached hydrogen (secondary N) is 1. The quantitative estimate of drug-likeness (QED) is 0.826. The normalized spacial score (nSPS) is 12.5. The summed E-state index contributed by atoms with van der Waals surface area (Å²) in [6, 6.07) is 10.9. The molecule has 1 aromatic heterocycles. The van der Waals surface area contributed by atoms with Crippen molar-refractivity contribution in [1.82, 2.24) is 5.32 Å². The van der Waals surface area contributed by atoms with E-state index in [9.17, 15) is 4.39 Å². The second-order valence-corrected chi connectivity index (χ2v) is 4.75. The molecule has 0 amide bonds. The maximum atomic E-state index is 13.7. The van der Waals surface area contributed by atoms with Gasteiger partial charge in [-0.1, -0.05) is 25.1 Å². The molecule has 0 saturated carbocycles. The van der Waals surface area contributed by atoms with E-state index in [0.29, 0.717) is 5.92 Å². The summed E-state index contributed by atoms with van der Waals surface area (Å²) in [6.45, 7) is 3.87. The van der Waals surface area contributed by atoms with Crippen molar-refractivity contribution < 1.29 is 8.81 Å². The second-order valence-electron chi connectivity index (χ2n) is 4.75. The van der Waals surface area contributed by atoms with Gasteiger partial charge in [-0.25, -0.2) is 4.39 Å². The molecular formula is C16H20FNO. The van der Waals surface area contributed by atoms with E-state index in [-0.39, 0.29) is 5.82 Å². The lowest BCUT2D eigenvalue weighted by Gasteiger charge is -2.16. The molecule has 1 N–H and O–H groups in total. The average molecular weight is 261 g/mol. The molecule has 0 fully saturated rings. The Balaban J connectivity index is 2.03. The van der Waals surface area contributed by atoms with Gasteiger partial charge in [0.05, 0.1) is 6.26 Å². The molecule has 0 bridgehead atoms. The molecule has 1 aromatic carbocycles. The first-order chi connectivity index (χ1) is 9.29. The van der Waals surface area contributed by atoms with Crippen LogP contribution < -0.4 is 5.32 Å². The Morgan fingerprint density at radius 3 is 2.68 bits per heavy atom. The molecule has 102 valence electrons. The largest absolute Gasteiger partial charge is 0.469 e. The lowest BCUT2D eigenvalue weighted by molar-refractivity contribution is 0.413. The standard InChI is InChI=1S/C16H20FNO/c1-2-18-12-13(11-15-7-5-9-19-15)10-14-6-3-4-8-16(14)17/h3-9,13,18H,2,10-12H2,1H3. The monoisotopic (exact) mass is 261 g/mol. The van der Waals surface area contributed by atoms with Gasteiger partial charge in [0.1, 0.15) is 11.6 Å². The Morgan fingerprint density at radius 2 is 2.00 bits per heavy atom. The van der Waals surface area contributed by atoms with Crippen LogP contribution in [-0.2, 0) is 12.8 Å². The van der Waals surface area contributed by atoms with Crippen LogP contribution in [0.2, 0.25) is 0 Å². The summed E-state index contributed by atoms with van der Waals surface area (Å²) < 4.78 is 19.1. The first-order valence-electron chi connectivity index (χ1n) is 6.76.